The lowest BCUT2D eigenvalue weighted by atomic mass is 10.2. The van der Waals surface area contributed by atoms with Crippen molar-refractivity contribution < 1.29 is 14.7 Å². The summed E-state index contributed by atoms with van der Waals surface area (Å²) in [6, 6.07) is 3.30. The maximum absolute atomic E-state index is 11.5. The second-order valence-electron chi connectivity index (χ2n) is 3.70. The Morgan fingerprint density at radius 2 is 2.12 bits per heavy atom. The Bertz CT molecular complexity index is 401. The van der Waals surface area contributed by atoms with E-state index in [4.69, 9.17) is 5.11 Å². The molecule has 0 saturated heterocycles. The minimum absolute atomic E-state index is 0.0278. The smallest absolute Gasteiger partial charge is 0.305 e. The molecule has 0 fully saturated rings. The van der Waals surface area contributed by atoms with Gasteiger partial charge in [0.25, 0.3) is 5.91 Å². The predicted molar refractivity (Wildman–Crippen MR) is 63.0 cm³/mol. The van der Waals surface area contributed by atoms with Crippen LogP contribution in [0.4, 0.5) is 5.82 Å². The van der Waals surface area contributed by atoms with Gasteiger partial charge in [0.1, 0.15) is 5.82 Å². The van der Waals surface area contributed by atoms with Gasteiger partial charge in [-0.15, -0.1) is 0 Å². The molecular formula is C11H15N3O3. The average Bonchev–Trinajstić information content (AvgIpc) is 2.28. The molecule has 17 heavy (non-hydrogen) atoms. The van der Waals surface area contributed by atoms with E-state index in [1.54, 1.807) is 26.2 Å². The molecule has 1 heterocycles. The van der Waals surface area contributed by atoms with Crippen molar-refractivity contribution >= 4 is 17.7 Å². The number of carboxylic acids is 1. The van der Waals surface area contributed by atoms with Gasteiger partial charge in [0.15, 0.2) is 0 Å². The number of hydrogen-bond acceptors (Lipinski definition) is 4. The number of pyridine rings is 1. The highest BCUT2D eigenvalue weighted by Crippen LogP contribution is 2.06. The highest BCUT2D eigenvalue weighted by Gasteiger charge is 2.07. The lowest BCUT2D eigenvalue weighted by molar-refractivity contribution is -0.136. The Morgan fingerprint density at radius 3 is 2.59 bits per heavy atom. The molecule has 0 atom stereocenters. The topological polar surface area (TPSA) is 82.5 Å². The van der Waals surface area contributed by atoms with E-state index in [9.17, 15) is 9.59 Å². The van der Waals surface area contributed by atoms with E-state index in [1.807, 2.05) is 0 Å². The molecule has 1 aromatic rings. The molecule has 0 aliphatic heterocycles. The molecule has 1 rings (SSSR count). The van der Waals surface area contributed by atoms with Crippen molar-refractivity contribution in [2.45, 2.75) is 6.42 Å². The summed E-state index contributed by atoms with van der Waals surface area (Å²) in [6.45, 7) is 0.309. The number of hydrogen-bond donors (Lipinski definition) is 2. The molecule has 0 unspecified atom stereocenters. The highest BCUT2D eigenvalue weighted by atomic mass is 16.4. The monoisotopic (exact) mass is 237 g/mol. The van der Waals surface area contributed by atoms with E-state index >= 15 is 0 Å². The van der Waals surface area contributed by atoms with Crippen molar-refractivity contribution in [2.24, 2.45) is 0 Å². The predicted octanol–water partition coefficient (Wildman–Crippen LogP) is 0.670. The first-order chi connectivity index (χ1) is 8.00. The van der Waals surface area contributed by atoms with Gasteiger partial charge < -0.3 is 15.3 Å². The number of nitrogens with zero attached hydrogens (tertiary/aromatic N) is 2. The second-order valence-corrected chi connectivity index (χ2v) is 3.70. The standard InChI is InChI=1S/C11H15N3O3/c1-14(2)11(17)8-3-4-9(13-7-8)12-6-5-10(15)16/h3-4,7H,5-6H2,1-2H3,(H,12,13)(H,15,16). The van der Waals surface area contributed by atoms with Gasteiger partial charge >= 0.3 is 5.97 Å². The fourth-order valence-corrected chi connectivity index (χ4v) is 1.18. The Hall–Kier alpha value is -2.11. The zero-order valence-electron chi connectivity index (χ0n) is 9.80. The minimum atomic E-state index is -0.864. The first kappa shape index (κ1) is 13.0. The first-order valence-corrected chi connectivity index (χ1v) is 5.14. The van der Waals surface area contributed by atoms with Gasteiger partial charge in [-0.05, 0) is 12.1 Å². The summed E-state index contributed by atoms with van der Waals surface area (Å²) in [6.07, 6.45) is 1.49. The number of anilines is 1. The van der Waals surface area contributed by atoms with Crippen molar-refractivity contribution in [1.82, 2.24) is 9.88 Å². The molecule has 0 aliphatic carbocycles. The summed E-state index contributed by atoms with van der Waals surface area (Å²) in [4.78, 5) is 27.3. The molecule has 0 spiro atoms. The van der Waals surface area contributed by atoms with E-state index in [-0.39, 0.29) is 12.3 Å². The van der Waals surface area contributed by atoms with E-state index in [0.29, 0.717) is 17.9 Å². The van der Waals surface area contributed by atoms with E-state index in [2.05, 4.69) is 10.3 Å². The van der Waals surface area contributed by atoms with Crippen LogP contribution in [0, 0.1) is 0 Å². The van der Waals surface area contributed by atoms with Crippen LogP contribution in [0.2, 0.25) is 0 Å². The normalized spacial score (nSPS) is 9.76. The maximum atomic E-state index is 11.5. The zero-order chi connectivity index (χ0) is 12.8. The molecule has 92 valence electrons. The number of carboxylic acid groups (broad SMARTS) is 1. The van der Waals surface area contributed by atoms with Crippen LogP contribution in [-0.4, -0.2) is 47.5 Å². The molecule has 6 nitrogen and oxygen atoms in total. The molecule has 0 aromatic carbocycles. The molecule has 1 aromatic heterocycles. The van der Waals surface area contributed by atoms with Crippen LogP contribution < -0.4 is 5.32 Å². The quantitative estimate of drug-likeness (QED) is 0.786. The van der Waals surface area contributed by atoms with Gasteiger partial charge in [0.05, 0.1) is 12.0 Å². The Morgan fingerprint density at radius 1 is 1.41 bits per heavy atom. The largest absolute Gasteiger partial charge is 0.481 e. The van der Waals surface area contributed by atoms with Gasteiger partial charge in [-0.2, -0.15) is 0 Å². The number of carbonyl (C=O) groups is 2. The number of rotatable bonds is 5. The third-order valence-corrected chi connectivity index (χ3v) is 2.06. The lowest BCUT2D eigenvalue weighted by Crippen LogP contribution is -2.21. The van der Waals surface area contributed by atoms with Crippen LogP contribution in [0.5, 0.6) is 0 Å². The van der Waals surface area contributed by atoms with Crippen LogP contribution in [0.1, 0.15) is 16.8 Å². The Balaban J connectivity index is 2.56. The van der Waals surface area contributed by atoms with Crippen LogP contribution in [-0.2, 0) is 4.79 Å². The van der Waals surface area contributed by atoms with Crippen LogP contribution >= 0.6 is 0 Å². The Labute approximate surface area is 99.3 Å². The third-order valence-electron chi connectivity index (χ3n) is 2.06. The molecule has 6 heteroatoms. The zero-order valence-corrected chi connectivity index (χ0v) is 9.80. The first-order valence-electron chi connectivity index (χ1n) is 5.14. The van der Waals surface area contributed by atoms with Gasteiger partial charge in [0, 0.05) is 26.8 Å². The fraction of sp³-hybridized carbons (Fsp3) is 0.364. The molecular weight excluding hydrogens is 222 g/mol. The van der Waals surface area contributed by atoms with Crippen LogP contribution in [0.25, 0.3) is 0 Å². The van der Waals surface area contributed by atoms with E-state index in [0.717, 1.165) is 0 Å². The lowest BCUT2D eigenvalue weighted by Gasteiger charge is -2.10. The van der Waals surface area contributed by atoms with Crippen LogP contribution in [0.15, 0.2) is 18.3 Å². The summed E-state index contributed by atoms with van der Waals surface area (Å²) in [5.74, 6) is -0.423. The number of nitrogens with one attached hydrogen (secondary N) is 1. The van der Waals surface area contributed by atoms with Gasteiger partial charge in [-0.3, -0.25) is 9.59 Å². The van der Waals surface area contributed by atoms with Crippen molar-refractivity contribution in [3.8, 4) is 0 Å². The van der Waals surface area contributed by atoms with Crippen LogP contribution in [0.3, 0.4) is 0 Å². The van der Waals surface area contributed by atoms with E-state index in [1.165, 1.54) is 11.1 Å². The summed E-state index contributed by atoms with van der Waals surface area (Å²) in [5.41, 5.74) is 0.499. The van der Waals surface area contributed by atoms with Crippen molar-refractivity contribution in [2.75, 3.05) is 26.0 Å². The molecule has 0 saturated carbocycles. The third kappa shape index (κ3) is 4.10. The molecule has 0 radical (unpaired) electrons. The van der Waals surface area contributed by atoms with Crippen molar-refractivity contribution in [3.63, 3.8) is 0 Å². The molecule has 0 bridgehead atoms. The maximum Gasteiger partial charge on any atom is 0.305 e. The van der Waals surface area contributed by atoms with Gasteiger partial charge in [-0.1, -0.05) is 0 Å². The summed E-state index contributed by atoms with van der Waals surface area (Å²) >= 11 is 0. The number of carbonyl (C=O) groups excluding carboxylic acids is 1. The van der Waals surface area contributed by atoms with Crippen molar-refractivity contribution in [3.05, 3.63) is 23.9 Å². The average molecular weight is 237 g/mol. The second kappa shape index (κ2) is 5.83. The summed E-state index contributed by atoms with van der Waals surface area (Å²) in [5, 5.41) is 11.3. The number of aromatic nitrogens is 1. The SMILES string of the molecule is CN(C)C(=O)c1ccc(NCCC(=O)O)nc1. The summed E-state index contributed by atoms with van der Waals surface area (Å²) < 4.78 is 0. The fourth-order valence-electron chi connectivity index (χ4n) is 1.18. The minimum Gasteiger partial charge on any atom is -0.481 e. The molecule has 2 N–H and O–H groups in total. The number of amides is 1. The number of aliphatic carboxylic acids is 1. The highest BCUT2D eigenvalue weighted by molar-refractivity contribution is 5.93. The van der Waals surface area contributed by atoms with Crippen molar-refractivity contribution in [1.29, 1.82) is 0 Å². The van der Waals surface area contributed by atoms with Gasteiger partial charge in [0.2, 0.25) is 0 Å². The molecule has 1 amide bonds. The van der Waals surface area contributed by atoms with Gasteiger partial charge in [-0.25, -0.2) is 4.98 Å². The van der Waals surface area contributed by atoms with E-state index < -0.39 is 5.97 Å². The molecule has 0 aliphatic rings. The summed E-state index contributed by atoms with van der Waals surface area (Å²) in [7, 11) is 3.34. The Kier molecular flexibility index (Phi) is 4.45.